The van der Waals surface area contributed by atoms with Crippen molar-refractivity contribution in [3.8, 4) is 0 Å². The van der Waals surface area contributed by atoms with Gasteiger partial charge in [0, 0.05) is 25.9 Å². The molecule has 5 heteroatoms. The molecule has 0 atom stereocenters. The summed E-state index contributed by atoms with van der Waals surface area (Å²) in [6.07, 6.45) is 3.53. The van der Waals surface area contributed by atoms with Crippen LogP contribution < -0.4 is 10.6 Å². The number of hydrogen-bond donors (Lipinski definition) is 2. The molecule has 2 amide bonds. The molecule has 2 aliphatic heterocycles. The number of nitrogens with one attached hydrogen (secondary N) is 2. The molecule has 0 aromatic heterocycles. The van der Waals surface area contributed by atoms with Crippen LogP contribution in [0, 0.1) is 0 Å². The monoisotopic (exact) mass is 202 g/mol. The average molecular weight is 202 g/mol. The highest BCUT2D eigenvalue weighted by Crippen LogP contribution is 1.93. The Morgan fingerprint density at radius 3 is 1.31 bits per heavy atom. The minimum absolute atomic E-state index is 0. The van der Waals surface area contributed by atoms with E-state index in [9.17, 15) is 9.59 Å². The quantitative estimate of drug-likeness (QED) is 0.462. The van der Waals surface area contributed by atoms with Crippen LogP contribution in [0.15, 0.2) is 0 Å². The van der Waals surface area contributed by atoms with Crippen molar-refractivity contribution < 1.29 is 9.59 Å². The molecule has 0 unspecified atom stereocenters. The second-order valence-electron chi connectivity index (χ2n) is 2.91. The predicted molar refractivity (Wildman–Crippen MR) is 55.8 cm³/mol. The van der Waals surface area contributed by atoms with Gasteiger partial charge in [0.25, 0.3) is 0 Å². The predicted octanol–water partition coefficient (Wildman–Crippen LogP) is -1.66. The lowest BCUT2D eigenvalue weighted by atomic mass is 10.4. The average Bonchev–Trinajstić information content (AvgIpc) is 2.63. The molecule has 4 nitrogen and oxygen atoms in total. The molecule has 0 aliphatic carbocycles. The summed E-state index contributed by atoms with van der Waals surface area (Å²) in [6.45, 7) is 1.78. The molecule has 0 radical (unpaired) electrons. The normalized spacial score (nSPS) is 19.4. The van der Waals surface area contributed by atoms with Crippen LogP contribution in [-0.2, 0) is 9.59 Å². The van der Waals surface area contributed by atoms with Gasteiger partial charge in [0.1, 0.15) is 0 Å². The molecular formula is C8H18N2O2Si. The molecule has 76 valence electrons. The van der Waals surface area contributed by atoms with Gasteiger partial charge in [-0.1, -0.05) is 0 Å². The van der Waals surface area contributed by atoms with Gasteiger partial charge in [-0.15, -0.1) is 0 Å². The number of carbonyl (C=O) groups is 2. The summed E-state index contributed by atoms with van der Waals surface area (Å²) >= 11 is 0. The van der Waals surface area contributed by atoms with Gasteiger partial charge in [-0.25, -0.2) is 0 Å². The van der Waals surface area contributed by atoms with E-state index in [1.54, 1.807) is 0 Å². The van der Waals surface area contributed by atoms with Gasteiger partial charge in [0.15, 0.2) is 0 Å². The lowest BCUT2D eigenvalue weighted by Crippen LogP contribution is -2.12. The maximum absolute atomic E-state index is 10.1. The molecule has 2 heterocycles. The zero-order valence-corrected chi connectivity index (χ0v) is 7.06. The first kappa shape index (κ1) is 12.2. The highest BCUT2D eigenvalue weighted by molar-refractivity contribution is 5.77. The van der Waals surface area contributed by atoms with E-state index >= 15 is 0 Å². The van der Waals surface area contributed by atoms with E-state index in [0.29, 0.717) is 0 Å². The molecule has 2 aliphatic rings. The van der Waals surface area contributed by atoms with Crippen LogP contribution in [-0.4, -0.2) is 35.9 Å². The lowest BCUT2D eigenvalue weighted by molar-refractivity contribution is -0.119. The highest BCUT2D eigenvalue weighted by atomic mass is 28.1. The third-order valence-electron chi connectivity index (χ3n) is 1.81. The van der Waals surface area contributed by atoms with E-state index in [1.807, 2.05) is 0 Å². The molecule has 2 rings (SSSR count). The maximum atomic E-state index is 10.1. The van der Waals surface area contributed by atoms with Crippen LogP contribution >= 0.6 is 0 Å². The van der Waals surface area contributed by atoms with Crippen LogP contribution in [0.5, 0.6) is 0 Å². The zero-order chi connectivity index (χ0) is 8.81. The van der Waals surface area contributed by atoms with Gasteiger partial charge >= 0.3 is 0 Å². The first-order valence-corrected chi connectivity index (χ1v) is 4.32. The maximum Gasteiger partial charge on any atom is 0.220 e. The number of amides is 2. The first-order valence-electron chi connectivity index (χ1n) is 4.32. The Morgan fingerprint density at radius 2 is 1.23 bits per heavy atom. The molecule has 0 aromatic rings. The van der Waals surface area contributed by atoms with Crippen molar-refractivity contribution in [1.29, 1.82) is 0 Å². The highest BCUT2D eigenvalue weighted by Gasteiger charge is 2.05. The summed E-state index contributed by atoms with van der Waals surface area (Å²) in [4.78, 5) is 20.3. The Hall–Kier alpha value is -0.843. The summed E-state index contributed by atoms with van der Waals surface area (Å²) in [5.41, 5.74) is 0. The molecule has 2 saturated heterocycles. The SMILES string of the molecule is O=C1CCCN1.O=C1CCCN1.[SiH4]. The molecule has 2 N–H and O–H groups in total. The van der Waals surface area contributed by atoms with Gasteiger partial charge in [0.05, 0.1) is 0 Å². The van der Waals surface area contributed by atoms with E-state index in [2.05, 4.69) is 10.6 Å². The van der Waals surface area contributed by atoms with Crippen molar-refractivity contribution in [3.05, 3.63) is 0 Å². The van der Waals surface area contributed by atoms with E-state index in [4.69, 9.17) is 0 Å². The first-order chi connectivity index (χ1) is 5.79. The van der Waals surface area contributed by atoms with Gasteiger partial charge in [-0.3, -0.25) is 9.59 Å². The molecule has 0 bridgehead atoms. The Kier molecular flexibility index (Phi) is 6.22. The van der Waals surface area contributed by atoms with Crippen molar-refractivity contribution in [2.24, 2.45) is 0 Å². The van der Waals surface area contributed by atoms with Gasteiger partial charge in [0.2, 0.25) is 11.8 Å². The van der Waals surface area contributed by atoms with Gasteiger partial charge < -0.3 is 10.6 Å². The van der Waals surface area contributed by atoms with Crippen LogP contribution in [0.25, 0.3) is 0 Å². The van der Waals surface area contributed by atoms with Crippen molar-refractivity contribution in [1.82, 2.24) is 10.6 Å². The van der Waals surface area contributed by atoms with Crippen LogP contribution in [0.3, 0.4) is 0 Å². The minimum atomic E-state index is 0. The van der Waals surface area contributed by atoms with Crippen molar-refractivity contribution in [2.75, 3.05) is 13.1 Å². The fourth-order valence-electron chi connectivity index (χ4n) is 1.13. The summed E-state index contributed by atoms with van der Waals surface area (Å²) in [7, 11) is 0. The molecule has 13 heavy (non-hydrogen) atoms. The zero-order valence-electron chi connectivity index (χ0n) is 7.06. The molecule has 0 spiro atoms. The topological polar surface area (TPSA) is 58.2 Å². The molecule has 0 saturated carbocycles. The van der Waals surface area contributed by atoms with E-state index in [1.165, 1.54) is 0 Å². The van der Waals surface area contributed by atoms with E-state index in [-0.39, 0.29) is 22.8 Å². The van der Waals surface area contributed by atoms with Gasteiger partial charge in [-0.05, 0) is 23.8 Å². The Balaban J connectivity index is 0.000000206. The van der Waals surface area contributed by atoms with E-state index in [0.717, 1.165) is 38.8 Å². The summed E-state index contributed by atoms with van der Waals surface area (Å²) in [5, 5.41) is 5.36. The summed E-state index contributed by atoms with van der Waals surface area (Å²) in [5.74, 6) is 0.407. The third kappa shape index (κ3) is 5.40. The second-order valence-corrected chi connectivity index (χ2v) is 2.91. The van der Waals surface area contributed by atoms with Crippen LogP contribution in [0.1, 0.15) is 25.7 Å². The third-order valence-corrected chi connectivity index (χ3v) is 1.81. The van der Waals surface area contributed by atoms with Gasteiger partial charge in [-0.2, -0.15) is 0 Å². The largest absolute Gasteiger partial charge is 0.356 e. The van der Waals surface area contributed by atoms with Crippen molar-refractivity contribution in [3.63, 3.8) is 0 Å². The number of hydrogen-bond acceptors (Lipinski definition) is 2. The minimum Gasteiger partial charge on any atom is -0.356 e. The molecule has 2 fully saturated rings. The second kappa shape index (κ2) is 6.65. The number of carbonyl (C=O) groups excluding carboxylic acids is 2. The van der Waals surface area contributed by atoms with Crippen molar-refractivity contribution in [2.45, 2.75) is 25.7 Å². The van der Waals surface area contributed by atoms with Crippen molar-refractivity contribution >= 4 is 22.8 Å². The smallest absolute Gasteiger partial charge is 0.220 e. The van der Waals surface area contributed by atoms with E-state index < -0.39 is 0 Å². The summed E-state index contributed by atoms with van der Waals surface area (Å²) < 4.78 is 0. The molecular weight excluding hydrogens is 184 g/mol. The van der Waals surface area contributed by atoms with Crippen LogP contribution in [0.4, 0.5) is 0 Å². The fraction of sp³-hybridized carbons (Fsp3) is 0.750. The Labute approximate surface area is 82.5 Å². The Bertz CT molecular complexity index is 149. The molecule has 0 aromatic carbocycles. The summed E-state index contributed by atoms with van der Waals surface area (Å²) in [6, 6.07) is 0. The fourth-order valence-corrected chi connectivity index (χ4v) is 1.13. The van der Waals surface area contributed by atoms with Crippen LogP contribution in [0.2, 0.25) is 0 Å². The lowest BCUT2D eigenvalue weighted by Gasteiger charge is -1.80. The standard InChI is InChI=1S/2C4H7NO.H4Si/c2*6-4-2-1-3-5-4;/h2*1-3H2,(H,5,6);1H4. The Morgan fingerprint density at radius 1 is 0.846 bits per heavy atom. The number of rotatable bonds is 0.